The Kier molecular flexibility index (Phi) is 4.81. The standard InChI is InChI=1S/C18H25N7O/c1-13-15(8-9-19-21-13)20-18(26)24-10-5-6-14(12-24)17-23-22-16-7-3-2-4-11-25(16)17/h8-9,14H,2-7,10-12H2,1H3,(H,19,20,26). The predicted octanol–water partition coefficient (Wildman–Crippen LogP) is 2.51. The number of urea groups is 1. The Bertz CT molecular complexity index is 788. The summed E-state index contributed by atoms with van der Waals surface area (Å²) in [6, 6.07) is 1.70. The zero-order valence-electron chi connectivity index (χ0n) is 15.2. The second kappa shape index (κ2) is 7.39. The number of likely N-dealkylation sites (tertiary alicyclic amines) is 1. The quantitative estimate of drug-likeness (QED) is 0.894. The van der Waals surface area contributed by atoms with Gasteiger partial charge in [-0.05, 0) is 38.7 Å². The smallest absolute Gasteiger partial charge is 0.321 e. The minimum absolute atomic E-state index is 0.0820. The first-order valence-corrected chi connectivity index (χ1v) is 9.48. The molecule has 0 saturated carbocycles. The molecule has 0 spiro atoms. The van der Waals surface area contributed by atoms with Crippen LogP contribution in [0.2, 0.25) is 0 Å². The van der Waals surface area contributed by atoms with Crippen molar-refractivity contribution in [3.05, 3.63) is 29.6 Å². The summed E-state index contributed by atoms with van der Waals surface area (Å²) in [5, 5.41) is 19.7. The molecule has 2 aliphatic heterocycles. The molecule has 2 amide bonds. The van der Waals surface area contributed by atoms with Crippen molar-refractivity contribution in [2.45, 2.75) is 57.9 Å². The first kappa shape index (κ1) is 16.9. The topological polar surface area (TPSA) is 88.8 Å². The number of piperidine rings is 1. The molecular formula is C18H25N7O. The third kappa shape index (κ3) is 3.40. The highest BCUT2D eigenvalue weighted by atomic mass is 16.2. The van der Waals surface area contributed by atoms with Crippen LogP contribution in [0.3, 0.4) is 0 Å². The van der Waals surface area contributed by atoms with Crippen molar-refractivity contribution < 1.29 is 4.79 Å². The van der Waals surface area contributed by atoms with E-state index in [0.29, 0.717) is 12.2 Å². The molecule has 1 atom stereocenters. The van der Waals surface area contributed by atoms with E-state index in [2.05, 4.69) is 30.3 Å². The molecule has 1 saturated heterocycles. The summed E-state index contributed by atoms with van der Waals surface area (Å²) in [5.41, 5.74) is 1.43. The average Bonchev–Trinajstić information content (AvgIpc) is 2.92. The minimum atomic E-state index is -0.0820. The SMILES string of the molecule is Cc1nnccc1NC(=O)N1CCCC(c2nnc3n2CCCCC3)C1. The van der Waals surface area contributed by atoms with Gasteiger partial charge in [0, 0.05) is 32.0 Å². The zero-order valence-corrected chi connectivity index (χ0v) is 15.2. The van der Waals surface area contributed by atoms with E-state index < -0.39 is 0 Å². The molecule has 2 aromatic heterocycles. The van der Waals surface area contributed by atoms with Crippen LogP contribution in [0.5, 0.6) is 0 Å². The molecule has 0 bridgehead atoms. The highest BCUT2D eigenvalue weighted by Gasteiger charge is 2.29. The van der Waals surface area contributed by atoms with Crippen LogP contribution in [0.1, 0.15) is 55.4 Å². The lowest BCUT2D eigenvalue weighted by atomic mass is 9.97. The summed E-state index contributed by atoms with van der Waals surface area (Å²) >= 11 is 0. The first-order valence-electron chi connectivity index (χ1n) is 9.48. The maximum Gasteiger partial charge on any atom is 0.321 e. The van der Waals surface area contributed by atoms with Crippen LogP contribution in [0.4, 0.5) is 10.5 Å². The molecule has 138 valence electrons. The number of aryl methyl sites for hydroxylation is 2. The Morgan fingerprint density at radius 1 is 1.15 bits per heavy atom. The fourth-order valence-corrected chi connectivity index (χ4v) is 3.91. The molecule has 4 heterocycles. The van der Waals surface area contributed by atoms with E-state index in [1.165, 1.54) is 19.3 Å². The predicted molar refractivity (Wildman–Crippen MR) is 96.9 cm³/mol. The van der Waals surface area contributed by atoms with Gasteiger partial charge in [-0.15, -0.1) is 10.2 Å². The molecule has 4 rings (SSSR count). The van der Waals surface area contributed by atoms with E-state index in [-0.39, 0.29) is 11.9 Å². The second-order valence-corrected chi connectivity index (χ2v) is 7.18. The van der Waals surface area contributed by atoms with Crippen LogP contribution in [0.25, 0.3) is 0 Å². The van der Waals surface area contributed by atoms with Gasteiger partial charge >= 0.3 is 6.03 Å². The van der Waals surface area contributed by atoms with Crippen LogP contribution >= 0.6 is 0 Å². The molecule has 1 N–H and O–H groups in total. The lowest BCUT2D eigenvalue weighted by Crippen LogP contribution is -2.42. The van der Waals surface area contributed by atoms with Crippen molar-refractivity contribution in [1.29, 1.82) is 0 Å². The van der Waals surface area contributed by atoms with Gasteiger partial charge < -0.3 is 14.8 Å². The lowest BCUT2D eigenvalue weighted by Gasteiger charge is -2.32. The Morgan fingerprint density at radius 3 is 2.96 bits per heavy atom. The van der Waals surface area contributed by atoms with E-state index in [9.17, 15) is 4.79 Å². The highest BCUT2D eigenvalue weighted by Crippen LogP contribution is 2.28. The third-order valence-corrected chi connectivity index (χ3v) is 5.36. The third-order valence-electron chi connectivity index (χ3n) is 5.36. The van der Waals surface area contributed by atoms with Gasteiger partial charge in [0.25, 0.3) is 0 Å². The molecule has 8 nitrogen and oxygen atoms in total. The molecule has 2 aromatic rings. The molecule has 0 radical (unpaired) electrons. The molecule has 1 unspecified atom stereocenters. The Balaban J connectivity index is 1.47. The van der Waals surface area contributed by atoms with Gasteiger partial charge in [-0.2, -0.15) is 10.2 Å². The number of anilines is 1. The van der Waals surface area contributed by atoms with E-state index in [1.807, 2.05) is 11.8 Å². The Morgan fingerprint density at radius 2 is 2.08 bits per heavy atom. The molecule has 2 aliphatic rings. The van der Waals surface area contributed by atoms with Crippen molar-refractivity contribution in [3.63, 3.8) is 0 Å². The van der Waals surface area contributed by atoms with Gasteiger partial charge in [-0.3, -0.25) is 0 Å². The normalized spacial score (nSPS) is 20.3. The number of hydrogen-bond acceptors (Lipinski definition) is 5. The molecule has 1 fully saturated rings. The van der Waals surface area contributed by atoms with Crippen LogP contribution in [-0.2, 0) is 13.0 Å². The van der Waals surface area contributed by atoms with Crippen LogP contribution < -0.4 is 5.32 Å². The summed E-state index contributed by atoms with van der Waals surface area (Å²) in [4.78, 5) is 14.6. The minimum Gasteiger partial charge on any atom is -0.324 e. The molecule has 0 aliphatic carbocycles. The summed E-state index contributed by atoms with van der Waals surface area (Å²) in [6.07, 6.45) is 8.26. The van der Waals surface area contributed by atoms with Gasteiger partial charge in [-0.25, -0.2) is 4.79 Å². The fourth-order valence-electron chi connectivity index (χ4n) is 3.91. The number of aromatic nitrogens is 5. The van der Waals surface area contributed by atoms with Gasteiger partial charge in [0.2, 0.25) is 0 Å². The first-order chi connectivity index (χ1) is 12.7. The molecular weight excluding hydrogens is 330 g/mol. The number of carbonyl (C=O) groups is 1. The molecule has 26 heavy (non-hydrogen) atoms. The van der Waals surface area contributed by atoms with Crippen molar-refractivity contribution in [3.8, 4) is 0 Å². The van der Waals surface area contributed by atoms with Gasteiger partial charge in [0.15, 0.2) is 0 Å². The largest absolute Gasteiger partial charge is 0.324 e. The second-order valence-electron chi connectivity index (χ2n) is 7.18. The summed E-state index contributed by atoms with van der Waals surface area (Å²) < 4.78 is 2.30. The van der Waals surface area contributed by atoms with E-state index in [1.54, 1.807) is 12.3 Å². The monoisotopic (exact) mass is 355 g/mol. The van der Waals surface area contributed by atoms with Crippen molar-refractivity contribution in [2.75, 3.05) is 18.4 Å². The van der Waals surface area contributed by atoms with E-state index in [0.717, 1.165) is 49.7 Å². The van der Waals surface area contributed by atoms with Crippen molar-refractivity contribution in [1.82, 2.24) is 29.9 Å². The van der Waals surface area contributed by atoms with Gasteiger partial charge in [-0.1, -0.05) is 6.42 Å². The summed E-state index contributed by atoms with van der Waals surface area (Å²) in [7, 11) is 0. The van der Waals surface area contributed by atoms with Gasteiger partial charge in [0.1, 0.15) is 11.6 Å². The number of fused-ring (bicyclic) bond motifs is 1. The van der Waals surface area contributed by atoms with Crippen molar-refractivity contribution in [2.24, 2.45) is 0 Å². The zero-order chi connectivity index (χ0) is 17.9. The van der Waals surface area contributed by atoms with Crippen molar-refractivity contribution >= 4 is 11.7 Å². The average molecular weight is 355 g/mol. The number of rotatable bonds is 2. The number of hydrogen-bond donors (Lipinski definition) is 1. The maximum atomic E-state index is 12.7. The van der Waals surface area contributed by atoms with Crippen LogP contribution in [-0.4, -0.2) is 49.0 Å². The van der Waals surface area contributed by atoms with E-state index in [4.69, 9.17) is 0 Å². The lowest BCUT2D eigenvalue weighted by molar-refractivity contribution is 0.190. The fraction of sp³-hybridized carbons (Fsp3) is 0.611. The molecule has 8 heteroatoms. The Labute approximate surface area is 153 Å². The molecule has 0 aromatic carbocycles. The number of nitrogens with one attached hydrogen (secondary N) is 1. The van der Waals surface area contributed by atoms with Gasteiger partial charge in [0.05, 0.1) is 17.6 Å². The van der Waals surface area contributed by atoms with E-state index >= 15 is 0 Å². The number of carbonyl (C=O) groups excluding carboxylic acids is 1. The maximum absolute atomic E-state index is 12.7. The highest BCUT2D eigenvalue weighted by molar-refractivity contribution is 5.89. The summed E-state index contributed by atoms with van der Waals surface area (Å²) in [5.74, 6) is 2.42. The summed E-state index contributed by atoms with van der Waals surface area (Å²) in [6.45, 7) is 4.29. The number of nitrogens with zero attached hydrogens (tertiary/aromatic N) is 6. The number of amides is 2. The van der Waals surface area contributed by atoms with Crippen LogP contribution in [0.15, 0.2) is 12.3 Å². The van der Waals surface area contributed by atoms with Crippen LogP contribution in [0, 0.1) is 6.92 Å². The Hall–Kier alpha value is -2.51.